The van der Waals surface area contributed by atoms with E-state index < -0.39 is 16.1 Å². The fraction of sp³-hybridized carbons (Fsp3) is 0.143. The van der Waals surface area contributed by atoms with Gasteiger partial charge in [-0.2, -0.15) is 9.82 Å². The molecule has 4 rings (SSSR count). The second kappa shape index (κ2) is 10.4. The van der Waals surface area contributed by atoms with Gasteiger partial charge < -0.3 is 5.43 Å². The molecule has 2 N–H and O–H groups in total. The molecule has 0 saturated carbocycles. The number of hydrogen-bond acceptors (Lipinski definition) is 5. The quantitative estimate of drug-likeness (QED) is 0.435. The van der Waals surface area contributed by atoms with Crippen LogP contribution in [0.25, 0.3) is 0 Å². The standard InChI is InChI=1S/C21H17Cl3N4O2S.ClH/c22-14-5-3-13(4-6-14)19-11-20(27-26-19)21(17-8-7-15(23)10-18(17)24)28-31(29,30)16-2-1-9-25-12-16;/h1-10,12,19,21,26,28H,11H2;1H/t19?,21-;/m0./s1. The molecule has 6 nitrogen and oxygen atoms in total. The van der Waals surface area contributed by atoms with Crippen LogP contribution in [0.15, 0.2) is 77.0 Å². The van der Waals surface area contributed by atoms with Crippen LogP contribution in [-0.2, 0) is 10.0 Å². The van der Waals surface area contributed by atoms with E-state index in [9.17, 15) is 8.42 Å². The van der Waals surface area contributed by atoms with Crippen molar-refractivity contribution in [2.24, 2.45) is 5.10 Å². The Labute approximate surface area is 207 Å². The van der Waals surface area contributed by atoms with Crippen LogP contribution >= 0.6 is 47.2 Å². The van der Waals surface area contributed by atoms with Gasteiger partial charge in [-0.15, -0.1) is 12.4 Å². The van der Waals surface area contributed by atoms with Crippen LogP contribution in [0.3, 0.4) is 0 Å². The summed E-state index contributed by atoms with van der Waals surface area (Å²) < 4.78 is 28.8. The van der Waals surface area contributed by atoms with Crippen LogP contribution in [0.4, 0.5) is 0 Å². The Morgan fingerprint density at radius 1 is 1.03 bits per heavy atom. The summed E-state index contributed by atoms with van der Waals surface area (Å²) in [5.41, 5.74) is 5.21. The lowest BCUT2D eigenvalue weighted by Crippen LogP contribution is -2.33. The number of nitrogens with one attached hydrogen (secondary N) is 2. The number of aromatic nitrogens is 1. The smallest absolute Gasteiger partial charge is 0.243 e. The van der Waals surface area contributed by atoms with Crippen LogP contribution in [0.1, 0.15) is 29.6 Å². The SMILES string of the molecule is Cl.O=S(=O)(N[C@H](C1=NNC(c2ccc(Cl)cc2)C1)c1ccc(Cl)cc1Cl)c1cccnc1. The molecule has 1 aliphatic rings. The van der Waals surface area contributed by atoms with E-state index in [1.807, 2.05) is 12.1 Å². The molecule has 0 bridgehead atoms. The van der Waals surface area contributed by atoms with Gasteiger partial charge in [-0.1, -0.05) is 53.0 Å². The molecular formula is C21H18Cl4N4O2S. The van der Waals surface area contributed by atoms with Crippen LogP contribution in [0.2, 0.25) is 15.1 Å². The van der Waals surface area contributed by atoms with E-state index in [1.165, 1.54) is 18.5 Å². The molecule has 0 amide bonds. The summed E-state index contributed by atoms with van der Waals surface area (Å²) in [6.07, 6.45) is 3.27. The first-order chi connectivity index (χ1) is 14.8. The average Bonchev–Trinajstić information content (AvgIpc) is 3.24. The van der Waals surface area contributed by atoms with E-state index >= 15 is 0 Å². The van der Waals surface area contributed by atoms with E-state index in [1.54, 1.807) is 36.4 Å². The van der Waals surface area contributed by atoms with Gasteiger partial charge >= 0.3 is 0 Å². The highest BCUT2D eigenvalue weighted by Crippen LogP contribution is 2.33. The lowest BCUT2D eigenvalue weighted by molar-refractivity contribution is 0.576. The lowest BCUT2D eigenvalue weighted by Gasteiger charge is -2.21. The first-order valence-corrected chi connectivity index (χ1v) is 11.9. The highest BCUT2D eigenvalue weighted by Gasteiger charge is 2.32. The predicted octanol–water partition coefficient (Wildman–Crippen LogP) is 5.57. The van der Waals surface area contributed by atoms with Gasteiger partial charge in [-0.3, -0.25) is 4.98 Å². The maximum atomic E-state index is 13.0. The second-order valence-electron chi connectivity index (χ2n) is 6.95. The van der Waals surface area contributed by atoms with Gasteiger partial charge in [0.2, 0.25) is 10.0 Å². The van der Waals surface area contributed by atoms with E-state index in [2.05, 4.69) is 20.2 Å². The zero-order chi connectivity index (χ0) is 22.0. The maximum absolute atomic E-state index is 13.0. The monoisotopic (exact) mass is 530 g/mol. The van der Waals surface area contributed by atoms with Crippen molar-refractivity contribution in [2.45, 2.75) is 23.4 Å². The van der Waals surface area contributed by atoms with Crippen molar-refractivity contribution in [3.05, 3.63) is 93.2 Å². The molecule has 0 aliphatic carbocycles. The van der Waals surface area contributed by atoms with Gasteiger partial charge in [0.25, 0.3) is 0 Å². The van der Waals surface area contributed by atoms with E-state index in [0.29, 0.717) is 32.8 Å². The summed E-state index contributed by atoms with van der Waals surface area (Å²) in [7, 11) is -3.89. The molecule has 3 aromatic rings. The molecule has 0 radical (unpaired) electrons. The molecule has 1 aliphatic heterocycles. The number of hydrogen-bond donors (Lipinski definition) is 2. The van der Waals surface area contributed by atoms with Crippen LogP contribution < -0.4 is 10.1 Å². The minimum absolute atomic E-state index is 0. The lowest BCUT2D eigenvalue weighted by atomic mass is 9.96. The molecular weight excluding hydrogens is 514 g/mol. The van der Waals surface area contributed by atoms with Gasteiger partial charge in [0, 0.05) is 33.9 Å². The summed E-state index contributed by atoms with van der Waals surface area (Å²) in [6, 6.07) is 14.5. The first-order valence-electron chi connectivity index (χ1n) is 9.28. The Morgan fingerprint density at radius 3 is 2.41 bits per heavy atom. The van der Waals surface area contributed by atoms with Crippen LogP contribution in [0, 0.1) is 0 Å². The molecule has 0 saturated heterocycles. The zero-order valence-electron chi connectivity index (χ0n) is 16.4. The van der Waals surface area contributed by atoms with Gasteiger partial charge in [0.1, 0.15) is 4.90 Å². The number of halogens is 4. The Kier molecular flexibility index (Phi) is 8.03. The van der Waals surface area contributed by atoms with Gasteiger partial charge in [0.05, 0.1) is 17.8 Å². The average molecular weight is 532 g/mol. The summed E-state index contributed by atoms with van der Waals surface area (Å²) in [5, 5.41) is 5.86. The van der Waals surface area contributed by atoms with Gasteiger partial charge in [-0.25, -0.2) is 8.42 Å². The van der Waals surface area contributed by atoms with Crippen LogP contribution in [-0.4, -0.2) is 19.1 Å². The molecule has 2 aromatic carbocycles. The molecule has 0 fully saturated rings. The molecule has 0 spiro atoms. The zero-order valence-corrected chi connectivity index (χ0v) is 20.3. The molecule has 1 unspecified atom stereocenters. The number of hydrazone groups is 1. The highest BCUT2D eigenvalue weighted by molar-refractivity contribution is 7.89. The highest BCUT2D eigenvalue weighted by atomic mass is 35.5. The third-order valence-electron chi connectivity index (χ3n) is 4.87. The number of sulfonamides is 1. The number of rotatable bonds is 6. The summed E-state index contributed by atoms with van der Waals surface area (Å²) in [4.78, 5) is 3.95. The summed E-state index contributed by atoms with van der Waals surface area (Å²) in [6.45, 7) is 0. The summed E-state index contributed by atoms with van der Waals surface area (Å²) >= 11 is 18.5. The molecule has 1 aromatic heterocycles. The van der Waals surface area contributed by atoms with E-state index in [-0.39, 0.29) is 23.3 Å². The fourth-order valence-electron chi connectivity index (χ4n) is 3.31. The van der Waals surface area contributed by atoms with Crippen molar-refractivity contribution in [3.8, 4) is 0 Å². The second-order valence-corrected chi connectivity index (χ2v) is 9.94. The maximum Gasteiger partial charge on any atom is 0.243 e. The topological polar surface area (TPSA) is 83.5 Å². The van der Waals surface area contributed by atoms with Crippen molar-refractivity contribution in [3.63, 3.8) is 0 Å². The van der Waals surface area contributed by atoms with Gasteiger partial charge in [0.15, 0.2) is 0 Å². The number of pyridine rings is 1. The van der Waals surface area contributed by atoms with Crippen molar-refractivity contribution in [1.82, 2.24) is 15.1 Å². The Morgan fingerprint density at radius 2 is 1.75 bits per heavy atom. The number of benzene rings is 2. The van der Waals surface area contributed by atoms with Crippen molar-refractivity contribution in [1.29, 1.82) is 0 Å². The Hall–Kier alpha value is -1.87. The molecule has 32 heavy (non-hydrogen) atoms. The largest absolute Gasteiger partial charge is 0.302 e. The molecule has 11 heteroatoms. The molecule has 2 heterocycles. The predicted molar refractivity (Wildman–Crippen MR) is 130 cm³/mol. The third-order valence-corrected chi connectivity index (χ3v) is 7.10. The van der Waals surface area contributed by atoms with Crippen LogP contribution in [0.5, 0.6) is 0 Å². The molecule has 168 valence electrons. The minimum atomic E-state index is -3.89. The number of nitrogens with zero attached hydrogens (tertiary/aromatic N) is 2. The fourth-order valence-corrected chi connectivity index (χ4v) is 5.12. The Balaban J connectivity index is 0.00000289. The van der Waals surface area contributed by atoms with Crippen molar-refractivity contribution < 1.29 is 8.42 Å². The minimum Gasteiger partial charge on any atom is -0.302 e. The first kappa shape index (κ1) is 24.8. The van der Waals surface area contributed by atoms with E-state index in [4.69, 9.17) is 34.8 Å². The Bertz CT molecular complexity index is 1220. The summed E-state index contributed by atoms with van der Waals surface area (Å²) in [5.74, 6) is 0. The van der Waals surface area contributed by atoms with Crippen molar-refractivity contribution in [2.75, 3.05) is 0 Å². The van der Waals surface area contributed by atoms with E-state index in [0.717, 1.165) is 5.56 Å². The third kappa shape index (κ3) is 5.54. The van der Waals surface area contributed by atoms with Gasteiger partial charge in [-0.05, 0) is 47.5 Å². The normalized spacial score (nSPS) is 16.6. The van der Waals surface area contributed by atoms with Crippen molar-refractivity contribution >= 4 is 62.9 Å². The molecule has 2 atom stereocenters.